The summed E-state index contributed by atoms with van der Waals surface area (Å²) in [5.74, 6) is -0.440. The lowest BCUT2D eigenvalue weighted by Crippen LogP contribution is -2.33. The van der Waals surface area contributed by atoms with Crippen LogP contribution in [0.4, 0.5) is 5.69 Å². The number of nitrogens with zero attached hydrogens (tertiary/aromatic N) is 1. The van der Waals surface area contributed by atoms with Gasteiger partial charge in [0, 0.05) is 23.8 Å². The summed E-state index contributed by atoms with van der Waals surface area (Å²) in [4.78, 5) is 14.0. The number of piperidine rings is 1. The molecule has 0 aliphatic carbocycles. The summed E-state index contributed by atoms with van der Waals surface area (Å²) in [5.41, 5.74) is 3.38. The summed E-state index contributed by atoms with van der Waals surface area (Å²) in [6.45, 7) is 2.24. The molecule has 0 bridgehead atoms. The molecule has 1 fully saturated rings. The largest absolute Gasteiger partial charge is 0.476 e. The molecule has 0 aromatic heterocycles. The third-order valence-corrected chi connectivity index (χ3v) is 5.53. The molecule has 1 aliphatic heterocycles. The van der Waals surface area contributed by atoms with Crippen LogP contribution in [0.1, 0.15) is 19.3 Å². The van der Waals surface area contributed by atoms with Crippen LogP contribution < -0.4 is 14.4 Å². The molecule has 0 saturated carbocycles. The molecule has 4 rings (SSSR count). The van der Waals surface area contributed by atoms with Crippen molar-refractivity contribution in [1.29, 1.82) is 0 Å². The molecule has 1 N–H and O–H groups in total. The first-order valence-electron chi connectivity index (χ1n) is 10.4. The number of carboxylic acid groups (broad SMARTS) is 1. The van der Waals surface area contributed by atoms with E-state index in [0.29, 0.717) is 16.5 Å². The second kappa shape index (κ2) is 9.75. The van der Waals surface area contributed by atoms with Gasteiger partial charge in [-0.05, 0) is 78.9 Å². The van der Waals surface area contributed by atoms with Gasteiger partial charge in [-0.15, -0.1) is 0 Å². The number of hydrogen-bond donors (Lipinski definition) is 1. The maximum Gasteiger partial charge on any atom is 0.387 e. The van der Waals surface area contributed by atoms with E-state index in [1.807, 2.05) is 12.1 Å². The van der Waals surface area contributed by atoms with Crippen molar-refractivity contribution < 1.29 is 19.4 Å². The highest BCUT2D eigenvalue weighted by Crippen LogP contribution is 2.27. The molecule has 1 atom stereocenters. The molecular weight excluding hydrogens is 414 g/mol. The minimum atomic E-state index is -1.46. The molecular formula is C25H24ClNO4. The molecule has 160 valence electrons. The molecule has 3 aromatic carbocycles. The predicted molar refractivity (Wildman–Crippen MR) is 122 cm³/mol. The van der Waals surface area contributed by atoms with Gasteiger partial charge >= 0.3 is 12.3 Å². The van der Waals surface area contributed by atoms with Gasteiger partial charge in [0.15, 0.2) is 0 Å². The summed E-state index contributed by atoms with van der Waals surface area (Å²) in [7, 11) is 0. The van der Waals surface area contributed by atoms with E-state index in [0.717, 1.165) is 24.2 Å². The maximum absolute atomic E-state index is 11.5. The van der Waals surface area contributed by atoms with Gasteiger partial charge in [-0.3, -0.25) is 0 Å². The molecule has 1 saturated heterocycles. The second-order valence-corrected chi connectivity index (χ2v) is 7.92. The average molecular weight is 438 g/mol. The fraction of sp³-hybridized carbons (Fsp3) is 0.240. The number of anilines is 1. The third kappa shape index (κ3) is 5.50. The number of aliphatic carboxylic acids is 1. The minimum Gasteiger partial charge on any atom is -0.476 e. The van der Waals surface area contributed by atoms with Crippen molar-refractivity contribution in [3.05, 3.63) is 77.8 Å². The Labute approximate surface area is 186 Å². The zero-order valence-corrected chi connectivity index (χ0v) is 17.8. The third-order valence-electron chi connectivity index (χ3n) is 5.28. The van der Waals surface area contributed by atoms with E-state index < -0.39 is 12.3 Å². The Kier molecular flexibility index (Phi) is 6.63. The van der Waals surface area contributed by atoms with Crippen molar-refractivity contribution in [2.45, 2.75) is 25.6 Å². The number of carbonyl (C=O) groups is 1. The SMILES string of the molecule is O=C(O)C(Oc1ccc(Cl)cc1)Oc1ccc(-c2ccc(N3CCCCC3)cc2)cc1. The summed E-state index contributed by atoms with van der Waals surface area (Å²) in [6.07, 6.45) is 2.36. The molecule has 5 nitrogen and oxygen atoms in total. The van der Waals surface area contributed by atoms with Gasteiger partial charge < -0.3 is 19.5 Å². The molecule has 1 heterocycles. The molecule has 0 radical (unpaired) electrons. The van der Waals surface area contributed by atoms with Crippen molar-refractivity contribution >= 4 is 23.3 Å². The predicted octanol–water partition coefficient (Wildman–Crippen LogP) is 5.87. The lowest BCUT2D eigenvalue weighted by molar-refractivity contribution is -0.158. The smallest absolute Gasteiger partial charge is 0.387 e. The summed E-state index contributed by atoms with van der Waals surface area (Å²) < 4.78 is 11.0. The molecule has 3 aromatic rings. The number of ether oxygens (including phenoxy) is 2. The number of rotatable bonds is 7. The van der Waals surface area contributed by atoms with Crippen LogP contribution >= 0.6 is 11.6 Å². The zero-order valence-electron chi connectivity index (χ0n) is 17.0. The van der Waals surface area contributed by atoms with Crippen LogP contribution in [0.5, 0.6) is 11.5 Å². The summed E-state index contributed by atoms with van der Waals surface area (Å²) >= 11 is 5.85. The lowest BCUT2D eigenvalue weighted by Gasteiger charge is -2.28. The van der Waals surface area contributed by atoms with Crippen LogP contribution in [0.15, 0.2) is 72.8 Å². The van der Waals surface area contributed by atoms with Crippen LogP contribution in [-0.4, -0.2) is 30.5 Å². The van der Waals surface area contributed by atoms with Crippen molar-refractivity contribution in [3.8, 4) is 22.6 Å². The van der Waals surface area contributed by atoms with Crippen molar-refractivity contribution in [2.75, 3.05) is 18.0 Å². The van der Waals surface area contributed by atoms with Gasteiger partial charge in [0.2, 0.25) is 0 Å². The van der Waals surface area contributed by atoms with Crippen LogP contribution in [0.25, 0.3) is 11.1 Å². The van der Waals surface area contributed by atoms with E-state index in [1.54, 1.807) is 36.4 Å². The molecule has 1 unspecified atom stereocenters. The average Bonchev–Trinajstić information content (AvgIpc) is 2.81. The first-order valence-corrected chi connectivity index (χ1v) is 10.7. The standard InChI is InChI=1S/C25H24ClNO4/c26-20-8-14-23(15-9-20)31-25(24(28)29)30-22-12-6-19(7-13-22)18-4-10-21(11-5-18)27-16-2-1-3-17-27/h4-15,25H,1-3,16-17H2,(H,28,29). The number of carboxylic acids is 1. The highest BCUT2D eigenvalue weighted by molar-refractivity contribution is 6.30. The van der Waals surface area contributed by atoms with Crippen molar-refractivity contribution in [2.24, 2.45) is 0 Å². The van der Waals surface area contributed by atoms with Gasteiger partial charge in [-0.2, -0.15) is 0 Å². The Hall–Kier alpha value is -3.18. The van der Waals surface area contributed by atoms with Crippen LogP contribution in [0.3, 0.4) is 0 Å². The maximum atomic E-state index is 11.5. The monoisotopic (exact) mass is 437 g/mol. The Balaban J connectivity index is 1.41. The molecule has 0 spiro atoms. The molecule has 6 heteroatoms. The Bertz CT molecular complexity index is 997. The first kappa shape index (κ1) is 21.1. The highest BCUT2D eigenvalue weighted by atomic mass is 35.5. The van der Waals surface area contributed by atoms with E-state index in [4.69, 9.17) is 21.1 Å². The van der Waals surface area contributed by atoms with Gasteiger partial charge in [-0.1, -0.05) is 35.9 Å². The van der Waals surface area contributed by atoms with E-state index in [2.05, 4.69) is 29.2 Å². The van der Waals surface area contributed by atoms with E-state index in [1.165, 1.54) is 24.9 Å². The van der Waals surface area contributed by atoms with Gasteiger partial charge in [0.1, 0.15) is 11.5 Å². The van der Waals surface area contributed by atoms with Crippen LogP contribution in [0, 0.1) is 0 Å². The summed E-state index contributed by atoms with van der Waals surface area (Å²) in [6, 6.07) is 22.3. The van der Waals surface area contributed by atoms with E-state index in [-0.39, 0.29) is 0 Å². The quantitative estimate of drug-likeness (QED) is 0.469. The van der Waals surface area contributed by atoms with Gasteiger partial charge in [0.25, 0.3) is 0 Å². The zero-order chi connectivity index (χ0) is 21.6. The number of hydrogen-bond acceptors (Lipinski definition) is 4. The first-order chi connectivity index (χ1) is 15.1. The Morgan fingerprint density at radius 3 is 1.77 bits per heavy atom. The van der Waals surface area contributed by atoms with Crippen molar-refractivity contribution in [3.63, 3.8) is 0 Å². The Morgan fingerprint density at radius 2 is 1.26 bits per heavy atom. The van der Waals surface area contributed by atoms with E-state index in [9.17, 15) is 9.90 Å². The fourth-order valence-electron chi connectivity index (χ4n) is 3.63. The highest BCUT2D eigenvalue weighted by Gasteiger charge is 2.21. The normalized spacial score (nSPS) is 14.7. The Morgan fingerprint density at radius 1 is 0.774 bits per heavy atom. The molecule has 0 amide bonds. The van der Waals surface area contributed by atoms with Gasteiger partial charge in [-0.25, -0.2) is 4.79 Å². The van der Waals surface area contributed by atoms with Crippen LogP contribution in [0.2, 0.25) is 5.02 Å². The fourth-order valence-corrected chi connectivity index (χ4v) is 3.75. The number of halogens is 1. The van der Waals surface area contributed by atoms with Crippen LogP contribution in [-0.2, 0) is 4.79 Å². The topological polar surface area (TPSA) is 59.0 Å². The van der Waals surface area contributed by atoms with Crippen molar-refractivity contribution in [1.82, 2.24) is 0 Å². The molecule has 31 heavy (non-hydrogen) atoms. The van der Waals surface area contributed by atoms with E-state index >= 15 is 0 Å². The second-order valence-electron chi connectivity index (χ2n) is 7.48. The van der Waals surface area contributed by atoms with Gasteiger partial charge in [0.05, 0.1) is 0 Å². The lowest BCUT2D eigenvalue weighted by atomic mass is 10.0. The number of benzene rings is 3. The summed E-state index contributed by atoms with van der Waals surface area (Å²) in [5, 5.41) is 9.98. The minimum absolute atomic E-state index is 0.363. The molecule has 1 aliphatic rings.